The van der Waals surface area contributed by atoms with Crippen LogP contribution >= 0.6 is 45.2 Å². The minimum absolute atomic E-state index is 0.144. The van der Waals surface area contributed by atoms with Crippen molar-refractivity contribution in [2.24, 2.45) is 0 Å². The van der Waals surface area contributed by atoms with Gasteiger partial charge in [-0.2, -0.15) is 0 Å². The molecule has 11 heteroatoms. The van der Waals surface area contributed by atoms with E-state index in [2.05, 4.69) is 0 Å². The summed E-state index contributed by atoms with van der Waals surface area (Å²) < 4.78 is 11.7. The molecule has 0 aliphatic rings. The van der Waals surface area contributed by atoms with Gasteiger partial charge in [-0.05, 0) is 81.1 Å². The molecule has 0 amide bonds. The molecule has 0 bridgehead atoms. The molecule has 0 aromatic heterocycles. The van der Waals surface area contributed by atoms with E-state index in [1.807, 2.05) is 45.2 Å². The maximum atomic E-state index is 12.8. The second kappa shape index (κ2) is 13.2. The van der Waals surface area contributed by atoms with Crippen molar-refractivity contribution in [3.63, 3.8) is 0 Å². The second-order valence-electron chi connectivity index (χ2n) is 7.43. The van der Waals surface area contributed by atoms with Crippen molar-refractivity contribution in [3.8, 4) is 0 Å². The van der Waals surface area contributed by atoms with Crippen LogP contribution in [0.3, 0.4) is 0 Å². The van der Waals surface area contributed by atoms with Gasteiger partial charge in [-0.25, -0.2) is 9.59 Å². The number of halogens is 2. The number of carbonyl (C=O) groups excluding carboxylic acids is 4. The number of non-ortho nitro benzene ring substituents is 1. The minimum atomic E-state index is -1.18. The van der Waals surface area contributed by atoms with E-state index in [0.29, 0.717) is 11.1 Å². The van der Waals surface area contributed by atoms with Gasteiger partial charge in [0.05, 0.1) is 4.92 Å². The van der Waals surface area contributed by atoms with Gasteiger partial charge < -0.3 is 9.47 Å². The van der Waals surface area contributed by atoms with Gasteiger partial charge in [0.15, 0.2) is 24.8 Å². The lowest BCUT2D eigenvalue weighted by molar-refractivity contribution is -0.384. The van der Waals surface area contributed by atoms with Crippen LogP contribution in [0.15, 0.2) is 78.4 Å². The molecule has 0 heterocycles. The Morgan fingerprint density at radius 2 is 1.24 bits per heavy atom. The van der Waals surface area contributed by atoms with Crippen molar-refractivity contribution < 1.29 is 33.6 Å². The molecule has 0 saturated heterocycles. The zero-order chi connectivity index (χ0) is 26.9. The van der Waals surface area contributed by atoms with Gasteiger partial charge in [0.25, 0.3) is 5.69 Å². The Hall–Kier alpha value is -3.46. The Kier molecular flexibility index (Phi) is 10.0. The highest BCUT2D eigenvalue weighted by molar-refractivity contribution is 14.1. The van der Waals surface area contributed by atoms with E-state index in [-0.39, 0.29) is 11.3 Å². The summed E-state index contributed by atoms with van der Waals surface area (Å²) >= 11 is 4.07. The summed E-state index contributed by atoms with van der Waals surface area (Å²) in [5.74, 6) is -3.36. The van der Waals surface area contributed by atoms with E-state index in [0.717, 1.165) is 19.3 Å². The molecule has 3 aromatic rings. The smallest absolute Gasteiger partial charge is 0.346 e. The number of Topliss-reactive ketones (excluding diaryl/α,β-unsaturated/α-hetero) is 2. The lowest BCUT2D eigenvalue weighted by Gasteiger charge is -2.09. The van der Waals surface area contributed by atoms with E-state index >= 15 is 0 Å². The third-order valence-electron chi connectivity index (χ3n) is 4.79. The van der Waals surface area contributed by atoms with Crippen molar-refractivity contribution in [1.82, 2.24) is 0 Å². The maximum absolute atomic E-state index is 12.8. The average molecular weight is 725 g/mol. The van der Waals surface area contributed by atoms with Crippen molar-refractivity contribution in [2.45, 2.75) is 0 Å². The molecule has 0 atom stereocenters. The first-order chi connectivity index (χ1) is 17.6. The summed E-state index contributed by atoms with van der Waals surface area (Å²) in [6, 6.07) is 18.5. The summed E-state index contributed by atoms with van der Waals surface area (Å²) in [7, 11) is 0. The highest BCUT2D eigenvalue weighted by Gasteiger charge is 2.24. The molecule has 3 rings (SSSR count). The topological polar surface area (TPSA) is 130 Å². The number of nitrogens with zero attached hydrogens (tertiary/aromatic N) is 1. The lowest BCUT2D eigenvalue weighted by atomic mass is 10.1. The zero-order valence-electron chi connectivity index (χ0n) is 18.9. The molecule has 0 aliphatic carbocycles. The fraction of sp³-hybridized carbons (Fsp3) is 0.0769. The number of hydrogen-bond acceptors (Lipinski definition) is 8. The first-order valence-electron chi connectivity index (χ1n) is 10.5. The molecular formula is C26H17I2NO8. The van der Waals surface area contributed by atoms with Crippen LogP contribution in [0.1, 0.15) is 26.3 Å². The number of benzene rings is 3. The maximum Gasteiger partial charge on any atom is 0.346 e. The molecule has 188 valence electrons. The van der Waals surface area contributed by atoms with E-state index in [1.165, 1.54) is 18.2 Å². The summed E-state index contributed by atoms with van der Waals surface area (Å²) in [6.07, 6.45) is 1.05. The fourth-order valence-electron chi connectivity index (χ4n) is 3.00. The number of hydrogen-bond donors (Lipinski definition) is 0. The third kappa shape index (κ3) is 8.28. The number of ether oxygens (including phenoxy) is 2. The monoisotopic (exact) mass is 725 g/mol. The van der Waals surface area contributed by atoms with Crippen LogP contribution in [0.2, 0.25) is 0 Å². The van der Waals surface area contributed by atoms with Crippen LogP contribution in [0.4, 0.5) is 5.69 Å². The Morgan fingerprint density at radius 3 is 1.70 bits per heavy atom. The van der Waals surface area contributed by atoms with Crippen LogP contribution in [-0.2, 0) is 19.1 Å². The van der Waals surface area contributed by atoms with E-state index in [1.54, 1.807) is 48.5 Å². The highest BCUT2D eigenvalue weighted by Crippen LogP contribution is 2.18. The summed E-state index contributed by atoms with van der Waals surface area (Å²) in [6.45, 7) is -1.31. The average Bonchev–Trinajstić information content (AvgIpc) is 2.88. The number of ketones is 2. The van der Waals surface area contributed by atoms with Gasteiger partial charge in [0.2, 0.25) is 0 Å². The normalized spacial score (nSPS) is 10.2. The van der Waals surface area contributed by atoms with Crippen LogP contribution in [0.5, 0.6) is 0 Å². The Balaban J connectivity index is 1.80. The van der Waals surface area contributed by atoms with Crippen molar-refractivity contribution in [3.05, 3.63) is 112 Å². The van der Waals surface area contributed by atoms with Crippen LogP contribution < -0.4 is 0 Å². The fourth-order valence-corrected chi connectivity index (χ4v) is 4.09. The SMILES string of the molecule is O=C(OCC(=O)c1cccc(I)c1)C(=Cc1cccc([N+](=O)[O-])c1)C(=O)OCC(=O)c1cccc(I)c1. The van der Waals surface area contributed by atoms with Gasteiger partial charge in [-0.1, -0.05) is 36.4 Å². The molecule has 0 fully saturated rings. The Morgan fingerprint density at radius 1 is 0.757 bits per heavy atom. The Bertz CT molecular complexity index is 1340. The molecule has 3 aromatic carbocycles. The number of carbonyl (C=O) groups is 4. The summed E-state index contributed by atoms with van der Waals surface area (Å²) in [5, 5.41) is 11.1. The number of rotatable bonds is 10. The van der Waals surface area contributed by atoms with Crippen molar-refractivity contribution in [1.29, 1.82) is 0 Å². The molecule has 37 heavy (non-hydrogen) atoms. The van der Waals surface area contributed by atoms with Crippen LogP contribution in [0, 0.1) is 17.3 Å². The molecule has 0 unspecified atom stereocenters. The number of esters is 2. The molecule has 0 saturated carbocycles. The minimum Gasteiger partial charge on any atom is -0.453 e. The quantitative estimate of drug-likeness (QED) is 0.0416. The van der Waals surface area contributed by atoms with E-state index < -0.39 is 47.2 Å². The molecule has 0 N–H and O–H groups in total. The van der Waals surface area contributed by atoms with E-state index in [4.69, 9.17) is 9.47 Å². The highest BCUT2D eigenvalue weighted by atomic mass is 127. The zero-order valence-corrected chi connectivity index (χ0v) is 23.2. The first-order valence-corrected chi connectivity index (χ1v) is 12.7. The predicted molar refractivity (Wildman–Crippen MR) is 150 cm³/mol. The molecule has 0 spiro atoms. The lowest BCUT2D eigenvalue weighted by Crippen LogP contribution is -2.23. The summed E-state index contributed by atoms with van der Waals surface area (Å²) in [5.41, 5.74) is -0.126. The molecular weight excluding hydrogens is 708 g/mol. The van der Waals surface area contributed by atoms with Gasteiger partial charge in [0.1, 0.15) is 5.57 Å². The third-order valence-corrected chi connectivity index (χ3v) is 6.14. The summed E-state index contributed by atoms with van der Waals surface area (Å²) in [4.78, 5) is 61.0. The molecule has 9 nitrogen and oxygen atoms in total. The number of nitro groups is 1. The van der Waals surface area contributed by atoms with Crippen LogP contribution in [-0.4, -0.2) is 41.6 Å². The van der Waals surface area contributed by atoms with Gasteiger partial charge in [0, 0.05) is 30.4 Å². The standard InChI is InChI=1S/C26H17I2NO8/c27-19-7-2-5-17(12-19)23(30)14-36-25(32)22(11-16-4-1-9-21(10-16)29(34)35)26(33)37-15-24(31)18-6-3-8-20(28)13-18/h1-13H,14-15H2. The largest absolute Gasteiger partial charge is 0.453 e. The molecule has 0 aliphatic heterocycles. The second-order valence-corrected chi connectivity index (χ2v) is 9.92. The number of nitro benzene ring substituents is 1. The van der Waals surface area contributed by atoms with Gasteiger partial charge >= 0.3 is 11.9 Å². The van der Waals surface area contributed by atoms with Crippen LogP contribution in [0.25, 0.3) is 6.08 Å². The van der Waals surface area contributed by atoms with Gasteiger partial charge in [-0.15, -0.1) is 0 Å². The van der Waals surface area contributed by atoms with Crippen molar-refractivity contribution >= 4 is 80.5 Å². The predicted octanol–water partition coefficient (Wildman–Crippen LogP) is 5.04. The van der Waals surface area contributed by atoms with Crippen molar-refractivity contribution in [2.75, 3.05) is 13.2 Å². The van der Waals surface area contributed by atoms with E-state index in [9.17, 15) is 29.3 Å². The Labute approximate surface area is 238 Å². The van der Waals surface area contributed by atoms with Gasteiger partial charge in [-0.3, -0.25) is 19.7 Å². The molecule has 0 radical (unpaired) electrons. The first kappa shape index (κ1) is 28.1.